The monoisotopic (exact) mass is 295 g/mol. The van der Waals surface area contributed by atoms with Gasteiger partial charge in [0.25, 0.3) is 0 Å². The number of aryl methyl sites for hydroxylation is 1. The van der Waals surface area contributed by atoms with Crippen LogP contribution in [0.5, 0.6) is 0 Å². The maximum Gasteiger partial charge on any atom is 0.332 e. The fourth-order valence-electron chi connectivity index (χ4n) is 2.42. The van der Waals surface area contributed by atoms with E-state index in [1.54, 1.807) is 13.8 Å². The molecule has 0 spiro atoms. The highest BCUT2D eigenvalue weighted by Crippen LogP contribution is 2.33. The first-order valence-electron chi connectivity index (χ1n) is 7.08. The Hall–Kier alpha value is -1.96. The SMILES string of the molecule is CCNc1nc(C)c([N+](=O)[O-])c(N2CCC(C)(O)CC2)n1. The maximum absolute atomic E-state index is 11.3. The Kier molecular flexibility index (Phi) is 4.26. The molecule has 1 fully saturated rings. The minimum Gasteiger partial charge on any atom is -0.390 e. The Labute approximate surface area is 123 Å². The van der Waals surface area contributed by atoms with E-state index in [1.165, 1.54) is 0 Å². The van der Waals surface area contributed by atoms with Crippen LogP contribution in [0.15, 0.2) is 0 Å². The van der Waals surface area contributed by atoms with Crippen molar-refractivity contribution >= 4 is 17.5 Å². The Bertz CT molecular complexity index is 537. The van der Waals surface area contributed by atoms with Crippen LogP contribution in [0.1, 0.15) is 32.4 Å². The summed E-state index contributed by atoms with van der Waals surface area (Å²) in [7, 11) is 0. The van der Waals surface area contributed by atoms with Gasteiger partial charge < -0.3 is 15.3 Å². The highest BCUT2D eigenvalue weighted by Gasteiger charge is 2.32. The lowest BCUT2D eigenvalue weighted by atomic mass is 9.94. The number of aromatic nitrogens is 2. The van der Waals surface area contributed by atoms with E-state index < -0.39 is 10.5 Å². The van der Waals surface area contributed by atoms with Crippen molar-refractivity contribution in [3.63, 3.8) is 0 Å². The number of aliphatic hydroxyl groups is 1. The van der Waals surface area contributed by atoms with Gasteiger partial charge in [-0.15, -0.1) is 0 Å². The number of hydrogen-bond acceptors (Lipinski definition) is 7. The summed E-state index contributed by atoms with van der Waals surface area (Å²) in [6, 6.07) is 0. The molecule has 0 unspecified atom stereocenters. The maximum atomic E-state index is 11.3. The van der Waals surface area contributed by atoms with Crippen LogP contribution in [0.4, 0.5) is 17.5 Å². The molecule has 0 radical (unpaired) electrons. The largest absolute Gasteiger partial charge is 0.390 e. The van der Waals surface area contributed by atoms with Crippen LogP contribution in [0, 0.1) is 17.0 Å². The van der Waals surface area contributed by atoms with E-state index in [1.807, 2.05) is 11.8 Å². The normalized spacial score (nSPS) is 17.6. The number of rotatable bonds is 4. The zero-order valence-corrected chi connectivity index (χ0v) is 12.6. The van der Waals surface area contributed by atoms with Gasteiger partial charge in [-0.25, -0.2) is 4.98 Å². The van der Waals surface area contributed by atoms with Gasteiger partial charge in [-0.3, -0.25) is 10.1 Å². The molecule has 2 rings (SSSR count). The quantitative estimate of drug-likeness (QED) is 0.640. The Morgan fingerprint density at radius 3 is 2.57 bits per heavy atom. The van der Waals surface area contributed by atoms with E-state index in [-0.39, 0.29) is 5.69 Å². The van der Waals surface area contributed by atoms with E-state index in [4.69, 9.17) is 0 Å². The molecule has 1 aromatic heterocycles. The van der Waals surface area contributed by atoms with Crippen LogP contribution in [-0.2, 0) is 0 Å². The topological polar surface area (TPSA) is 104 Å². The molecule has 0 atom stereocenters. The molecule has 8 heteroatoms. The molecule has 0 bridgehead atoms. The standard InChI is InChI=1S/C13H21N5O3/c1-4-14-12-15-9(2)10(18(20)21)11(16-12)17-7-5-13(3,19)6-8-17/h19H,4-8H2,1-3H3,(H,14,15,16). The number of nitro groups is 1. The first kappa shape index (κ1) is 15.4. The predicted molar refractivity (Wildman–Crippen MR) is 79.7 cm³/mol. The summed E-state index contributed by atoms with van der Waals surface area (Å²) < 4.78 is 0. The van der Waals surface area contributed by atoms with Crippen LogP contribution in [0.25, 0.3) is 0 Å². The first-order valence-corrected chi connectivity index (χ1v) is 7.08. The third-order valence-electron chi connectivity index (χ3n) is 3.70. The zero-order chi connectivity index (χ0) is 15.6. The van der Waals surface area contributed by atoms with Gasteiger partial charge in [0.05, 0.1) is 10.5 Å². The lowest BCUT2D eigenvalue weighted by Crippen LogP contribution is -2.43. The van der Waals surface area contributed by atoms with Crippen LogP contribution < -0.4 is 10.2 Å². The van der Waals surface area contributed by atoms with Crippen molar-refractivity contribution in [3.05, 3.63) is 15.8 Å². The second-order valence-electron chi connectivity index (χ2n) is 5.58. The summed E-state index contributed by atoms with van der Waals surface area (Å²) in [5.74, 6) is 0.729. The molecule has 1 aromatic rings. The highest BCUT2D eigenvalue weighted by atomic mass is 16.6. The fourth-order valence-corrected chi connectivity index (χ4v) is 2.42. The summed E-state index contributed by atoms with van der Waals surface area (Å²) >= 11 is 0. The molecule has 8 nitrogen and oxygen atoms in total. The van der Waals surface area contributed by atoms with E-state index in [9.17, 15) is 15.2 Å². The average Bonchev–Trinajstić information content (AvgIpc) is 2.37. The summed E-state index contributed by atoms with van der Waals surface area (Å²) in [6.07, 6.45) is 1.12. The minimum absolute atomic E-state index is 0.0572. The molecule has 0 aromatic carbocycles. The number of hydrogen-bond donors (Lipinski definition) is 2. The Balaban J connectivity index is 2.38. The van der Waals surface area contributed by atoms with Gasteiger partial charge in [0.1, 0.15) is 5.69 Å². The van der Waals surface area contributed by atoms with Crippen molar-refractivity contribution in [3.8, 4) is 0 Å². The molecule has 1 saturated heterocycles. The van der Waals surface area contributed by atoms with Crippen molar-refractivity contribution < 1.29 is 10.0 Å². The lowest BCUT2D eigenvalue weighted by molar-refractivity contribution is -0.385. The van der Waals surface area contributed by atoms with Crippen LogP contribution in [-0.4, -0.2) is 45.2 Å². The molecule has 2 heterocycles. The molecule has 0 amide bonds. The van der Waals surface area contributed by atoms with E-state index in [0.717, 1.165) is 0 Å². The summed E-state index contributed by atoms with van der Waals surface area (Å²) in [5, 5.41) is 24.3. The van der Waals surface area contributed by atoms with Gasteiger partial charge >= 0.3 is 5.69 Å². The third-order valence-corrected chi connectivity index (χ3v) is 3.70. The molecule has 116 valence electrons. The van der Waals surface area contributed by atoms with Crippen molar-refractivity contribution in [1.29, 1.82) is 0 Å². The first-order chi connectivity index (χ1) is 9.84. The highest BCUT2D eigenvalue weighted by molar-refractivity contribution is 5.62. The fraction of sp³-hybridized carbons (Fsp3) is 0.692. The molecule has 21 heavy (non-hydrogen) atoms. The Morgan fingerprint density at radius 2 is 2.05 bits per heavy atom. The molecular formula is C13H21N5O3. The summed E-state index contributed by atoms with van der Waals surface area (Å²) in [5.41, 5.74) is -0.422. The molecule has 1 aliphatic heterocycles. The molecule has 2 N–H and O–H groups in total. The van der Waals surface area contributed by atoms with Gasteiger partial charge in [0.2, 0.25) is 11.8 Å². The van der Waals surface area contributed by atoms with Crippen molar-refractivity contribution in [1.82, 2.24) is 9.97 Å². The van der Waals surface area contributed by atoms with Crippen molar-refractivity contribution in [2.75, 3.05) is 29.9 Å². The van der Waals surface area contributed by atoms with Crippen LogP contribution in [0.2, 0.25) is 0 Å². The van der Waals surface area contributed by atoms with Gasteiger partial charge in [-0.2, -0.15) is 4.98 Å². The number of nitrogens with one attached hydrogen (secondary N) is 1. The molecule has 1 aliphatic rings. The zero-order valence-electron chi connectivity index (χ0n) is 12.6. The molecular weight excluding hydrogens is 274 g/mol. The second kappa shape index (κ2) is 5.80. The van der Waals surface area contributed by atoms with E-state index in [0.29, 0.717) is 49.9 Å². The second-order valence-corrected chi connectivity index (χ2v) is 5.58. The average molecular weight is 295 g/mol. The third kappa shape index (κ3) is 3.38. The van der Waals surface area contributed by atoms with Gasteiger partial charge in [-0.05, 0) is 33.6 Å². The van der Waals surface area contributed by atoms with Gasteiger partial charge in [-0.1, -0.05) is 0 Å². The van der Waals surface area contributed by atoms with E-state index >= 15 is 0 Å². The van der Waals surface area contributed by atoms with Gasteiger partial charge in [0.15, 0.2) is 0 Å². The summed E-state index contributed by atoms with van der Waals surface area (Å²) in [6.45, 7) is 7.04. The van der Waals surface area contributed by atoms with Crippen molar-refractivity contribution in [2.24, 2.45) is 0 Å². The molecule has 0 aliphatic carbocycles. The Morgan fingerprint density at radius 1 is 1.43 bits per heavy atom. The predicted octanol–water partition coefficient (Wildman–Crippen LogP) is 1.48. The molecule has 0 saturated carbocycles. The van der Waals surface area contributed by atoms with Crippen molar-refractivity contribution in [2.45, 2.75) is 39.2 Å². The number of anilines is 2. The number of nitrogens with zero attached hydrogens (tertiary/aromatic N) is 4. The van der Waals surface area contributed by atoms with Crippen LogP contribution >= 0.6 is 0 Å². The number of piperidine rings is 1. The summed E-state index contributed by atoms with van der Waals surface area (Å²) in [4.78, 5) is 21.2. The smallest absolute Gasteiger partial charge is 0.332 e. The van der Waals surface area contributed by atoms with Gasteiger partial charge in [0, 0.05) is 19.6 Å². The van der Waals surface area contributed by atoms with Crippen LogP contribution in [0.3, 0.4) is 0 Å². The lowest BCUT2D eigenvalue weighted by Gasteiger charge is -2.36. The van der Waals surface area contributed by atoms with E-state index in [2.05, 4.69) is 15.3 Å². The minimum atomic E-state index is -0.710.